The van der Waals surface area contributed by atoms with E-state index in [1.54, 1.807) is 15.8 Å². The predicted octanol–water partition coefficient (Wildman–Crippen LogP) is 4.54. The first-order valence-corrected chi connectivity index (χ1v) is 9.67. The molecule has 3 aromatic rings. The van der Waals surface area contributed by atoms with Crippen LogP contribution in [-0.2, 0) is 6.54 Å². The normalized spacial score (nSPS) is 10.4. The minimum atomic E-state index is -0.213. The average Bonchev–Trinajstić information content (AvgIpc) is 3.20. The van der Waals surface area contributed by atoms with Crippen molar-refractivity contribution in [2.75, 3.05) is 18.1 Å². The molecule has 1 heterocycles. The summed E-state index contributed by atoms with van der Waals surface area (Å²) in [5.41, 5.74) is 2.07. The van der Waals surface area contributed by atoms with Crippen molar-refractivity contribution >= 4 is 23.2 Å². The second kappa shape index (κ2) is 9.76. The summed E-state index contributed by atoms with van der Waals surface area (Å²) in [4.78, 5) is 14.7. The van der Waals surface area contributed by atoms with Crippen molar-refractivity contribution in [3.05, 3.63) is 77.1 Å². The van der Waals surface area contributed by atoms with Gasteiger partial charge >= 0.3 is 0 Å². The largest absolute Gasteiger partial charge is 0.494 e. The molecule has 29 heavy (non-hydrogen) atoms. The van der Waals surface area contributed by atoms with Gasteiger partial charge in [-0.25, -0.2) is 0 Å². The van der Waals surface area contributed by atoms with Crippen LogP contribution in [0.15, 0.2) is 60.9 Å². The van der Waals surface area contributed by atoms with Gasteiger partial charge in [0.15, 0.2) is 0 Å². The van der Waals surface area contributed by atoms with Gasteiger partial charge in [0.2, 0.25) is 0 Å². The fourth-order valence-corrected chi connectivity index (χ4v) is 3.11. The number of aromatic nitrogens is 2. The number of carbonyl (C=O) groups is 1. The van der Waals surface area contributed by atoms with Gasteiger partial charge in [-0.2, -0.15) is 10.4 Å². The van der Waals surface area contributed by atoms with E-state index < -0.39 is 0 Å². The number of nitriles is 1. The van der Waals surface area contributed by atoms with Crippen molar-refractivity contribution in [1.82, 2.24) is 9.78 Å². The maximum Gasteiger partial charge on any atom is 0.261 e. The summed E-state index contributed by atoms with van der Waals surface area (Å²) in [6, 6.07) is 16.9. The molecule has 0 fully saturated rings. The Hall–Kier alpha value is -3.30. The third-order valence-electron chi connectivity index (χ3n) is 4.32. The molecule has 6 nitrogen and oxygen atoms in total. The zero-order valence-electron chi connectivity index (χ0n) is 16.1. The number of ether oxygens (including phenoxy) is 1. The number of hydrogen-bond acceptors (Lipinski definition) is 4. The van der Waals surface area contributed by atoms with Gasteiger partial charge in [0.1, 0.15) is 5.75 Å². The molecule has 0 unspecified atom stereocenters. The topological polar surface area (TPSA) is 71.2 Å². The highest BCUT2D eigenvalue weighted by atomic mass is 35.5. The summed E-state index contributed by atoms with van der Waals surface area (Å²) in [6.45, 7) is 3.24. The van der Waals surface area contributed by atoms with Gasteiger partial charge in [-0.3, -0.25) is 9.48 Å². The third-order valence-corrected chi connectivity index (χ3v) is 4.69. The molecule has 0 bridgehead atoms. The van der Waals surface area contributed by atoms with E-state index in [1.807, 2.05) is 55.5 Å². The van der Waals surface area contributed by atoms with Gasteiger partial charge in [0.05, 0.1) is 37.4 Å². The lowest BCUT2D eigenvalue weighted by Crippen LogP contribution is -2.31. The zero-order chi connectivity index (χ0) is 20.6. The van der Waals surface area contributed by atoms with Gasteiger partial charge in [-0.05, 0) is 42.8 Å². The van der Waals surface area contributed by atoms with Crippen LogP contribution in [0.1, 0.15) is 29.3 Å². The van der Waals surface area contributed by atoms with E-state index in [0.717, 1.165) is 11.3 Å². The lowest BCUT2D eigenvalue weighted by molar-refractivity contribution is 0.0987. The van der Waals surface area contributed by atoms with E-state index in [0.29, 0.717) is 36.0 Å². The molecule has 1 aromatic heterocycles. The molecule has 148 valence electrons. The van der Waals surface area contributed by atoms with Crippen molar-refractivity contribution in [2.45, 2.75) is 19.9 Å². The molecule has 1 amide bonds. The van der Waals surface area contributed by atoms with Crippen LogP contribution in [0, 0.1) is 11.3 Å². The molecule has 0 aliphatic rings. The Morgan fingerprint density at radius 2 is 2.00 bits per heavy atom. The number of amides is 1. The van der Waals surface area contributed by atoms with E-state index in [2.05, 4.69) is 11.2 Å². The van der Waals surface area contributed by atoms with Gasteiger partial charge in [-0.1, -0.05) is 29.8 Å². The first kappa shape index (κ1) is 20.4. The van der Waals surface area contributed by atoms with E-state index in [-0.39, 0.29) is 12.3 Å². The standard InChI is InChI=1S/C22H21ClN4O2/c1-2-29-20-10-8-19(9-11-20)27(13-5-12-24)22(28)18-14-25-26(16-18)15-17-6-3-4-7-21(17)23/h3-4,6-11,14,16H,2,5,13,15H2,1H3. The van der Waals surface area contributed by atoms with Gasteiger partial charge in [-0.15, -0.1) is 0 Å². The van der Waals surface area contributed by atoms with Crippen LogP contribution in [-0.4, -0.2) is 28.8 Å². The first-order valence-electron chi connectivity index (χ1n) is 9.30. The number of halogens is 1. The lowest BCUT2D eigenvalue weighted by atomic mass is 10.2. The van der Waals surface area contributed by atoms with Crippen LogP contribution in [0.2, 0.25) is 5.02 Å². The molecule has 3 rings (SSSR count). The predicted molar refractivity (Wildman–Crippen MR) is 112 cm³/mol. The quantitative estimate of drug-likeness (QED) is 0.548. The van der Waals surface area contributed by atoms with Crippen LogP contribution in [0.4, 0.5) is 5.69 Å². The minimum Gasteiger partial charge on any atom is -0.494 e. The Kier molecular flexibility index (Phi) is 6.88. The molecule has 0 radical (unpaired) electrons. The van der Waals surface area contributed by atoms with Crippen molar-refractivity contribution in [3.63, 3.8) is 0 Å². The highest BCUT2D eigenvalue weighted by molar-refractivity contribution is 6.31. The average molecular weight is 409 g/mol. The minimum absolute atomic E-state index is 0.213. The van der Waals surface area contributed by atoms with Crippen molar-refractivity contribution in [3.8, 4) is 11.8 Å². The molecule has 7 heteroatoms. The highest BCUT2D eigenvalue weighted by Gasteiger charge is 2.19. The number of rotatable bonds is 8. The molecule has 2 aromatic carbocycles. The fraction of sp³-hybridized carbons (Fsp3) is 0.227. The zero-order valence-corrected chi connectivity index (χ0v) is 16.8. The van der Waals surface area contributed by atoms with Crippen LogP contribution in [0.3, 0.4) is 0 Å². The molecular formula is C22H21ClN4O2. The lowest BCUT2D eigenvalue weighted by Gasteiger charge is -2.21. The maximum atomic E-state index is 13.1. The van der Waals surface area contributed by atoms with Crippen molar-refractivity contribution in [2.24, 2.45) is 0 Å². The monoisotopic (exact) mass is 408 g/mol. The van der Waals surface area contributed by atoms with E-state index >= 15 is 0 Å². The summed E-state index contributed by atoms with van der Waals surface area (Å²) in [7, 11) is 0. The molecule has 0 spiro atoms. The van der Waals surface area contributed by atoms with Gasteiger partial charge in [0.25, 0.3) is 5.91 Å². The molecular weight excluding hydrogens is 388 g/mol. The molecule has 0 saturated heterocycles. The van der Waals surface area contributed by atoms with E-state index in [9.17, 15) is 4.79 Å². The summed E-state index contributed by atoms with van der Waals surface area (Å²) in [5, 5.41) is 13.9. The highest BCUT2D eigenvalue weighted by Crippen LogP contribution is 2.22. The number of benzene rings is 2. The van der Waals surface area contributed by atoms with E-state index in [1.165, 1.54) is 6.20 Å². The molecule has 0 aliphatic heterocycles. The number of nitrogens with zero attached hydrogens (tertiary/aromatic N) is 4. The fourth-order valence-electron chi connectivity index (χ4n) is 2.92. The van der Waals surface area contributed by atoms with Gasteiger partial charge < -0.3 is 9.64 Å². The Morgan fingerprint density at radius 1 is 1.24 bits per heavy atom. The maximum absolute atomic E-state index is 13.1. The molecule has 0 saturated carbocycles. The van der Waals surface area contributed by atoms with Crippen molar-refractivity contribution in [1.29, 1.82) is 5.26 Å². The molecule has 0 N–H and O–H groups in total. The summed E-state index contributed by atoms with van der Waals surface area (Å²) < 4.78 is 7.13. The molecule has 0 atom stereocenters. The van der Waals surface area contributed by atoms with Crippen molar-refractivity contribution < 1.29 is 9.53 Å². The van der Waals surface area contributed by atoms with Crippen LogP contribution >= 0.6 is 11.6 Å². The number of hydrogen-bond donors (Lipinski definition) is 0. The molecule has 0 aliphatic carbocycles. The van der Waals surface area contributed by atoms with Crippen LogP contribution < -0.4 is 9.64 Å². The number of anilines is 1. The SMILES string of the molecule is CCOc1ccc(N(CCC#N)C(=O)c2cnn(Cc3ccccc3Cl)c2)cc1. The summed E-state index contributed by atoms with van der Waals surface area (Å²) in [5.74, 6) is 0.520. The van der Waals surface area contributed by atoms with E-state index in [4.69, 9.17) is 21.6 Å². The van der Waals surface area contributed by atoms with Crippen LogP contribution in [0.25, 0.3) is 0 Å². The van der Waals surface area contributed by atoms with Gasteiger partial charge in [0, 0.05) is 23.5 Å². The van der Waals surface area contributed by atoms with Crippen LogP contribution in [0.5, 0.6) is 5.75 Å². The Balaban J connectivity index is 1.80. The smallest absolute Gasteiger partial charge is 0.261 e. The second-order valence-electron chi connectivity index (χ2n) is 6.31. The number of carbonyl (C=O) groups excluding carboxylic acids is 1. The Morgan fingerprint density at radius 3 is 2.69 bits per heavy atom. The second-order valence-corrected chi connectivity index (χ2v) is 6.72. The first-order chi connectivity index (χ1) is 14.1. The Labute approximate surface area is 174 Å². The summed E-state index contributed by atoms with van der Waals surface area (Å²) >= 11 is 6.21. The Bertz CT molecular complexity index is 1010. The summed E-state index contributed by atoms with van der Waals surface area (Å²) in [6.07, 6.45) is 3.46. The third kappa shape index (κ3) is 5.15.